The van der Waals surface area contributed by atoms with Crippen LogP contribution >= 0.6 is 11.3 Å². The summed E-state index contributed by atoms with van der Waals surface area (Å²) in [5, 5.41) is 10.4. The molecule has 0 N–H and O–H groups in total. The van der Waals surface area contributed by atoms with Crippen LogP contribution in [0.1, 0.15) is 36.6 Å². The third-order valence-electron chi connectivity index (χ3n) is 6.59. The minimum Gasteiger partial charge on any atom is -0.496 e. The molecule has 0 spiro atoms. The van der Waals surface area contributed by atoms with E-state index in [1.165, 1.54) is 25.9 Å². The van der Waals surface area contributed by atoms with Crippen LogP contribution in [0.15, 0.2) is 44.1 Å². The van der Waals surface area contributed by atoms with Crippen molar-refractivity contribution in [3.8, 4) is 5.75 Å². The molecule has 3 aromatic rings. The first-order valence-electron chi connectivity index (χ1n) is 11.7. The molecular formula is C25H30N6O5S. The second kappa shape index (κ2) is 10.7. The minimum atomic E-state index is -0.877. The number of anilines is 1. The Balaban J connectivity index is 2.01. The molecule has 4 rings (SSSR count). The van der Waals surface area contributed by atoms with Gasteiger partial charge in [0.15, 0.2) is 0 Å². The van der Waals surface area contributed by atoms with E-state index in [0.717, 1.165) is 10.1 Å². The number of likely N-dealkylation sites (tertiary alicyclic amines) is 1. The summed E-state index contributed by atoms with van der Waals surface area (Å²) < 4.78 is 13.9. The van der Waals surface area contributed by atoms with Crippen molar-refractivity contribution in [1.82, 2.24) is 14.0 Å². The second-order valence-electron chi connectivity index (χ2n) is 8.62. The van der Waals surface area contributed by atoms with Gasteiger partial charge in [-0.2, -0.15) is 10.2 Å². The van der Waals surface area contributed by atoms with Crippen LogP contribution in [0.5, 0.6) is 5.75 Å². The maximum absolute atomic E-state index is 14.0. The predicted molar refractivity (Wildman–Crippen MR) is 145 cm³/mol. The van der Waals surface area contributed by atoms with E-state index >= 15 is 0 Å². The first kappa shape index (κ1) is 26.3. The molecule has 0 radical (unpaired) electrons. The second-order valence-corrected chi connectivity index (χ2v) is 9.59. The molecule has 1 aliphatic rings. The van der Waals surface area contributed by atoms with Gasteiger partial charge in [0.25, 0.3) is 5.56 Å². The monoisotopic (exact) mass is 526 g/mol. The number of amides is 1. The van der Waals surface area contributed by atoms with Gasteiger partial charge in [0.1, 0.15) is 27.7 Å². The fraction of sp³-hybridized carbons (Fsp3) is 0.400. The van der Waals surface area contributed by atoms with Gasteiger partial charge in [-0.3, -0.25) is 14.2 Å². The molecular weight excluding hydrogens is 496 g/mol. The van der Waals surface area contributed by atoms with Gasteiger partial charge in [0.05, 0.1) is 19.0 Å². The lowest BCUT2D eigenvalue weighted by Crippen LogP contribution is -2.44. The maximum atomic E-state index is 14.0. The van der Waals surface area contributed by atoms with Crippen molar-refractivity contribution >= 4 is 45.4 Å². The SMILES string of the molecule is C=NN(/N=C\C)c1sc2c(c1C)c(=O)n([C@H]1CCN(C)C1=O)c(=O)n2C[C@H](OC)c1ccccc1OC. The van der Waals surface area contributed by atoms with E-state index in [-0.39, 0.29) is 12.5 Å². The van der Waals surface area contributed by atoms with Crippen LogP contribution in [-0.2, 0) is 16.1 Å². The average Bonchev–Trinajstić information content (AvgIpc) is 3.41. The van der Waals surface area contributed by atoms with Gasteiger partial charge in [-0.15, -0.1) is 5.12 Å². The molecule has 1 saturated heterocycles. The Hall–Kier alpha value is -3.77. The zero-order chi connectivity index (χ0) is 26.9. The first-order valence-corrected chi connectivity index (χ1v) is 12.5. The molecule has 196 valence electrons. The smallest absolute Gasteiger partial charge is 0.332 e. The van der Waals surface area contributed by atoms with Crippen molar-refractivity contribution in [2.24, 2.45) is 10.2 Å². The minimum absolute atomic E-state index is 0.0845. The molecule has 11 nitrogen and oxygen atoms in total. The number of carbonyl (C=O) groups excluding carboxylic acids is 1. The molecule has 1 aromatic carbocycles. The molecule has 12 heteroatoms. The number of hydrogen-bond acceptors (Lipinski definition) is 9. The highest BCUT2D eigenvalue weighted by molar-refractivity contribution is 7.22. The average molecular weight is 527 g/mol. The third-order valence-corrected chi connectivity index (χ3v) is 7.87. The van der Waals surface area contributed by atoms with Crippen molar-refractivity contribution in [3.63, 3.8) is 0 Å². The van der Waals surface area contributed by atoms with Gasteiger partial charge in [0, 0.05) is 44.8 Å². The number of aromatic nitrogens is 2. The molecule has 2 atom stereocenters. The number of fused-ring (bicyclic) bond motifs is 1. The summed E-state index contributed by atoms with van der Waals surface area (Å²) in [6, 6.07) is 6.52. The van der Waals surface area contributed by atoms with Gasteiger partial charge in [-0.25, -0.2) is 9.36 Å². The number of aryl methyl sites for hydroxylation is 1. The Morgan fingerprint density at radius 2 is 2.00 bits per heavy atom. The molecule has 1 amide bonds. The van der Waals surface area contributed by atoms with Crippen LogP contribution in [0.2, 0.25) is 0 Å². The number of thiophene rings is 1. The predicted octanol–water partition coefficient (Wildman–Crippen LogP) is 2.76. The van der Waals surface area contributed by atoms with Gasteiger partial charge in [-0.1, -0.05) is 29.5 Å². The van der Waals surface area contributed by atoms with E-state index in [0.29, 0.717) is 39.5 Å². The summed E-state index contributed by atoms with van der Waals surface area (Å²) in [4.78, 5) is 42.6. The first-order chi connectivity index (χ1) is 17.8. The molecule has 0 bridgehead atoms. The number of ether oxygens (including phenoxy) is 2. The van der Waals surface area contributed by atoms with Gasteiger partial charge >= 0.3 is 5.69 Å². The van der Waals surface area contributed by atoms with E-state index in [4.69, 9.17) is 9.47 Å². The van der Waals surface area contributed by atoms with Crippen LogP contribution in [-0.4, -0.2) is 60.7 Å². The zero-order valence-electron chi connectivity index (χ0n) is 21.5. The normalized spacial score (nSPS) is 16.6. The molecule has 2 aromatic heterocycles. The number of likely N-dealkylation sites (N-methyl/N-ethyl adjacent to an activating group) is 1. The lowest BCUT2D eigenvalue weighted by atomic mass is 10.1. The number of rotatable bonds is 9. The Morgan fingerprint density at radius 1 is 1.27 bits per heavy atom. The molecule has 1 fully saturated rings. The largest absolute Gasteiger partial charge is 0.496 e. The number of para-hydroxylation sites is 1. The molecule has 37 heavy (non-hydrogen) atoms. The number of hydrazone groups is 2. The number of methoxy groups -OCH3 is 2. The number of benzene rings is 1. The number of hydrogen-bond donors (Lipinski definition) is 0. The van der Waals surface area contributed by atoms with E-state index in [2.05, 4.69) is 16.9 Å². The standard InChI is InChI=1S/C25H30N6O5S/c1-7-27-31(26-3)23-15(2)20-22(33)30(17-12-13-28(4)21(17)32)25(34)29(24(20)37-23)14-19(36-6)16-10-8-9-11-18(16)35-5/h7-11,17,19H,3,12-14H2,1-2,4-6H3/b27-7-/t17-,19-/m0/s1. The zero-order valence-corrected chi connectivity index (χ0v) is 22.3. The highest BCUT2D eigenvalue weighted by Gasteiger charge is 2.35. The quantitative estimate of drug-likeness (QED) is 0.313. The van der Waals surface area contributed by atoms with Crippen LogP contribution in [0.3, 0.4) is 0 Å². The lowest BCUT2D eigenvalue weighted by Gasteiger charge is -2.21. The number of nitrogens with zero attached hydrogens (tertiary/aromatic N) is 6. The van der Waals surface area contributed by atoms with Crippen molar-refractivity contribution in [2.45, 2.75) is 39.0 Å². The van der Waals surface area contributed by atoms with E-state index in [9.17, 15) is 14.4 Å². The van der Waals surface area contributed by atoms with Crippen LogP contribution < -0.4 is 21.1 Å². The molecule has 1 aliphatic heterocycles. The Bertz CT molecular complexity index is 1490. The summed E-state index contributed by atoms with van der Waals surface area (Å²) in [5.41, 5.74) is 0.254. The Kier molecular flexibility index (Phi) is 7.60. The summed E-state index contributed by atoms with van der Waals surface area (Å²) >= 11 is 1.21. The molecule has 0 saturated carbocycles. The van der Waals surface area contributed by atoms with Crippen LogP contribution in [0.4, 0.5) is 5.00 Å². The fourth-order valence-corrected chi connectivity index (χ4v) is 5.91. The highest BCUT2D eigenvalue weighted by atomic mass is 32.1. The summed E-state index contributed by atoms with van der Waals surface area (Å²) in [6.07, 6.45) is 1.35. The summed E-state index contributed by atoms with van der Waals surface area (Å²) in [6.45, 7) is 7.64. The van der Waals surface area contributed by atoms with Gasteiger partial charge in [-0.05, 0) is 26.3 Å². The fourth-order valence-electron chi connectivity index (χ4n) is 4.68. The maximum Gasteiger partial charge on any atom is 0.332 e. The van der Waals surface area contributed by atoms with E-state index < -0.39 is 23.4 Å². The third kappa shape index (κ3) is 4.46. The molecule has 3 heterocycles. The van der Waals surface area contributed by atoms with E-state index in [1.54, 1.807) is 41.3 Å². The molecule has 0 unspecified atom stereocenters. The summed E-state index contributed by atoms with van der Waals surface area (Å²) in [7, 11) is 4.78. The Morgan fingerprint density at radius 3 is 2.59 bits per heavy atom. The Labute approximate surface area is 217 Å². The van der Waals surface area contributed by atoms with Crippen molar-refractivity contribution in [1.29, 1.82) is 0 Å². The number of carbonyl (C=O) groups is 1. The highest BCUT2D eigenvalue weighted by Crippen LogP contribution is 2.37. The van der Waals surface area contributed by atoms with Gasteiger partial charge in [0.2, 0.25) is 5.91 Å². The van der Waals surface area contributed by atoms with E-state index in [1.807, 2.05) is 24.3 Å². The lowest BCUT2D eigenvalue weighted by molar-refractivity contribution is -0.129. The van der Waals surface area contributed by atoms with Crippen LogP contribution in [0.25, 0.3) is 10.2 Å². The topological polar surface area (TPSA) is 111 Å². The van der Waals surface area contributed by atoms with Crippen LogP contribution in [0, 0.1) is 6.92 Å². The molecule has 0 aliphatic carbocycles. The van der Waals surface area contributed by atoms with Crippen molar-refractivity contribution < 1.29 is 14.3 Å². The van der Waals surface area contributed by atoms with Gasteiger partial charge < -0.3 is 14.4 Å². The summed E-state index contributed by atoms with van der Waals surface area (Å²) in [5.74, 6) is 0.345. The van der Waals surface area contributed by atoms with Crippen molar-refractivity contribution in [3.05, 3.63) is 56.2 Å². The van der Waals surface area contributed by atoms with Crippen molar-refractivity contribution in [2.75, 3.05) is 32.9 Å².